The molecule has 1 aliphatic heterocycles. The summed E-state index contributed by atoms with van der Waals surface area (Å²) >= 11 is 0. The number of aromatic nitrogens is 2. The molecule has 1 aromatic heterocycles. The van der Waals surface area contributed by atoms with Crippen LogP contribution < -0.4 is 5.32 Å². The number of hydrogen-bond donors (Lipinski definition) is 1. The van der Waals surface area contributed by atoms with Crippen molar-refractivity contribution < 1.29 is 0 Å². The van der Waals surface area contributed by atoms with E-state index in [-0.39, 0.29) is 0 Å². The third kappa shape index (κ3) is 4.75. The Morgan fingerprint density at radius 1 is 1.36 bits per heavy atom. The van der Waals surface area contributed by atoms with Gasteiger partial charge >= 0.3 is 0 Å². The fourth-order valence-electron chi connectivity index (χ4n) is 2.95. The van der Waals surface area contributed by atoms with Crippen LogP contribution in [0.4, 0.5) is 0 Å². The molecule has 124 valence electrons. The average Bonchev–Trinajstić information content (AvgIpc) is 2.81. The molecule has 0 saturated carbocycles. The molecule has 1 N–H and O–H groups in total. The summed E-state index contributed by atoms with van der Waals surface area (Å²) in [6.07, 6.45) is 3.58. The lowest BCUT2D eigenvalue weighted by Crippen LogP contribution is -2.45. The van der Waals surface area contributed by atoms with Crippen molar-refractivity contribution in [1.29, 1.82) is 0 Å². The van der Waals surface area contributed by atoms with Gasteiger partial charge in [0.1, 0.15) is 0 Å². The molecule has 1 aliphatic rings. The van der Waals surface area contributed by atoms with Crippen molar-refractivity contribution in [1.82, 2.24) is 20.0 Å². The number of likely N-dealkylation sites (tertiary alicyclic amines) is 1. The number of hydrogen-bond acceptors (Lipinski definition) is 2. The standard InChI is InChI=1S/C17H31N5/c1-5-18-17(21-11-7-14(2)8-12-21)19-9-6-10-22-16(4)13-15(3)20-22/h13-14H,5-12H2,1-4H3,(H,18,19). The maximum atomic E-state index is 4.80. The largest absolute Gasteiger partial charge is 0.357 e. The summed E-state index contributed by atoms with van der Waals surface area (Å²) in [6.45, 7) is 13.6. The predicted molar refractivity (Wildman–Crippen MR) is 92.3 cm³/mol. The zero-order valence-electron chi connectivity index (χ0n) is 14.6. The van der Waals surface area contributed by atoms with Crippen molar-refractivity contribution in [3.63, 3.8) is 0 Å². The Balaban J connectivity index is 1.83. The summed E-state index contributed by atoms with van der Waals surface area (Å²) in [5.41, 5.74) is 2.33. The number of guanidine groups is 1. The van der Waals surface area contributed by atoms with E-state index in [9.17, 15) is 0 Å². The van der Waals surface area contributed by atoms with E-state index in [4.69, 9.17) is 4.99 Å². The van der Waals surface area contributed by atoms with Crippen LogP contribution in [0.3, 0.4) is 0 Å². The Bertz CT molecular complexity index is 483. The second-order valence-electron chi connectivity index (χ2n) is 6.41. The average molecular weight is 305 g/mol. The Morgan fingerprint density at radius 2 is 2.09 bits per heavy atom. The highest BCUT2D eigenvalue weighted by Gasteiger charge is 2.18. The van der Waals surface area contributed by atoms with Crippen LogP contribution in [-0.2, 0) is 6.54 Å². The number of piperidine rings is 1. The van der Waals surface area contributed by atoms with Crippen molar-refractivity contribution in [3.8, 4) is 0 Å². The molecule has 5 heteroatoms. The molecule has 2 heterocycles. The van der Waals surface area contributed by atoms with Crippen molar-refractivity contribution in [2.24, 2.45) is 10.9 Å². The van der Waals surface area contributed by atoms with Gasteiger partial charge in [0.25, 0.3) is 0 Å². The molecule has 0 unspecified atom stereocenters. The van der Waals surface area contributed by atoms with Gasteiger partial charge in [0.05, 0.1) is 5.69 Å². The molecule has 0 radical (unpaired) electrons. The fraction of sp³-hybridized carbons (Fsp3) is 0.765. The maximum absolute atomic E-state index is 4.80. The van der Waals surface area contributed by atoms with Crippen molar-refractivity contribution in [3.05, 3.63) is 17.5 Å². The van der Waals surface area contributed by atoms with Gasteiger partial charge in [0.2, 0.25) is 0 Å². The summed E-state index contributed by atoms with van der Waals surface area (Å²) in [5, 5.41) is 7.94. The van der Waals surface area contributed by atoms with E-state index in [0.717, 1.165) is 56.7 Å². The molecule has 22 heavy (non-hydrogen) atoms. The van der Waals surface area contributed by atoms with E-state index >= 15 is 0 Å². The monoisotopic (exact) mass is 305 g/mol. The van der Waals surface area contributed by atoms with Gasteiger partial charge in [0, 0.05) is 38.4 Å². The molecule has 0 spiro atoms. The van der Waals surface area contributed by atoms with Gasteiger partial charge in [-0.2, -0.15) is 5.10 Å². The molecule has 0 bridgehead atoms. The first-order valence-electron chi connectivity index (χ1n) is 8.64. The van der Waals surface area contributed by atoms with Gasteiger partial charge in [-0.05, 0) is 52.0 Å². The van der Waals surface area contributed by atoms with E-state index in [1.54, 1.807) is 0 Å². The van der Waals surface area contributed by atoms with E-state index < -0.39 is 0 Å². The second-order valence-corrected chi connectivity index (χ2v) is 6.41. The van der Waals surface area contributed by atoms with E-state index in [2.05, 4.69) is 46.8 Å². The Morgan fingerprint density at radius 3 is 2.68 bits per heavy atom. The minimum atomic E-state index is 0.852. The predicted octanol–water partition coefficient (Wildman–Crippen LogP) is 2.59. The van der Waals surface area contributed by atoms with Crippen LogP contribution >= 0.6 is 0 Å². The third-order valence-corrected chi connectivity index (χ3v) is 4.31. The summed E-state index contributed by atoms with van der Waals surface area (Å²) in [6, 6.07) is 2.13. The maximum Gasteiger partial charge on any atom is 0.193 e. The smallest absolute Gasteiger partial charge is 0.193 e. The highest BCUT2D eigenvalue weighted by atomic mass is 15.3. The number of nitrogens with zero attached hydrogens (tertiary/aromatic N) is 4. The highest BCUT2D eigenvalue weighted by Crippen LogP contribution is 2.15. The van der Waals surface area contributed by atoms with Crippen LogP contribution in [0.1, 0.15) is 44.5 Å². The van der Waals surface area contributed by atoms with Crippen LogP contribution in [0.15, 0.2) is 11.1 Å². The van der Waals surface area contributed by atoms with E-state index in [1.807, 2.05) is 6.92 Å². The molecular formula is C17H31N5. The van der Waals surface area contributed by atoms with Crippen molar-refractivity contribution in [2.45, 2.75) is 53.5 Å². The van der Waals surface area contributed by atoms with Gasteiger partial charge in [-0.15, -0.1) is 0 Å². The van der Waals surface area contributed by atoms with E-state index in [0.29, 0.717) is 0 Å². The Labute approximate surface area is 134 Å². The van der Waals surface area contributed by atoms with Gasteiger partial charge < -0.3 is 10.2 Å². The summed E-state index contributed by atoms with van der Waals surface area (Å²) < 4.78 is 2.08. The Kier molecular flexibility index (Phi) is 6.28. The van der Waals surface area contributed by atoms with Crippen molar-refractivity contribution >= 4 is 5.96 Å². The Hall–Kier alpha value is -1.52. The number of aliphatic imine (C=N–C) groups is 1. The lowest BCUT2D eigenvalue weighted by molar-refractivity contribution is 0.273. The molecule has 1 aromatic rings. The molecule has 1 fully saturated rings. The minimum Gasteiger partial charge on any atom is -0.357 e. The van der Waals surface area contributed by atoms with Gasteiger partial charge in [-0.1, -0.05) is 6.92 Å². The van der Waals surface area contributed by atoms with E-state index in [1.165, 1.54) is 18.5 Å². The second kappa shape index (κ2) is 8.20. The first-order chi connectivity index (χ1) is 10.6. The molecule has 2 rings (SSSR count). The number of rotatable bonds is 5. The van der Waals surface area contributed by atoms with Crippen LogP contribution in [0.25, 0.3) is 0 Å². The lowest BCUT2D eigenvalue weighted by Gasteiger charge is -2.33. The summed E-state index contributed by atoms with van der Waals surface area (Å²) in [7, 11) is 0. The molecule has 1 saturated heterocycles. The zero-order valence-corrected chi connectivity index (χ0v) is 14.6. The molecule has 0 aromatic carbocycles. The summed E-state index contributed by atoms with van der Waals surface area (Å²) in [5.74, 6) is 1.94. The molecule has 0 amide bonds. The van der Waals surface area contributed by atoms with Crippen LogP contribution in [0, 0.1) is 19.8 Å². The van der Waals surface area contributed by atoms with Crippen LogP contribution in [0.5, 0.6) is 0 Å². The lowest BCUT2D eigenvalue weighted by atomic mass is 10.00. The van der Waals surface area contributed by atoms with Gasteiger partial charge in [-0.25, -0.2) is 0 Å². The normalized spacial score (nSPS) is 17.1. The number of aryl methyl sites for hydroxylation is 3. The highest BCUT2D eigenvalue weighted by molar-refractivity contribution is 5.80. The number of nitrogens with one attached hydrogen (secondary N) is 1. The third-order valence-electron chi connectivity index (χ3n) is 4.31. The fourth-order valence-corrected chi connectivity index (χ4v) is 2.95. The SMILES string of the molecule is CCNC(=NCCCn1nc(C)cc1C)N1CCC(C)CC1. The first kappa shape index (κ1) is 16.8. The van der Waals surface area contributed by atoms with Crippen molar-refractivity contribution in [2.75, 3.05) is 26.2 Å². The molecular weight excluding hydrogens is 274 g/mol. The molecule has 5 nitrogen and oxygen atoms in total. The minimum absolute atomic E-state index is 0.852. The van der Waals surface area contributed by atoms with Gasteiger partial charge in [0.15, 0.2) is 5.96 Å². The van der Waals surface area contributed by atoms with Gasteiger partial charge in [-0.3, -0.25) is 9.67 Å². The zero-order chi connectivity index (χ0) is 15.9. The quantitative estimate of drug-likeness (QED) is 0.517. The van der Waals surface area contributed by atoms with Crippen LogP contribution in [0.2, 0.25) is 0 Å². The molecule has 0 aliphatic carbocycles. The summed E-state index contributed by atoms with van der Waals surface area (Å²) in [4.78, 5) is 7.21. The molecule has 0 atom stereocenters. The topological polar surface area (TPSA) is 45.5 Å². The first-order valence-corrected chi connectivity index (χ1v) is 8.64. The van der Waals surface area contributed by atoms with Crippen LogP contribution in [-0.4, -0.2) is 46.8 Å².